The molecule has 0 saturated carbocycles. The Hall–Kier alpha value is -2.53. The Morgan fingerprint density at radius 2 is 1.86 bits per heavy atom. The van der Waals surface area contributed by atoms with Crippen LogP contribution in [0.4, 0.5) is 0 Å². The average molecular weight is 541 g/mol. The van der Waals surface area contributed by atoms with Crippen LogP contribution in [-0.4, -0.2) is 78.0 Å². The normalized spacial score (nSPS) is 12.8. The SMILES string of the molecule is CCCCN(C)CC(=O)NCC(=O)N(COC(=O)CCC)C(CC(OC(C)=O)c1nc(C)cs1)C(C)C. The summed E-state index contributed by atoms with van der Waals surface area (Å²) < 4.78 is 11.0. The van der Waals surface area contributed by atoms with E-state index in [4.69, 9.17) is 9.47 Å². The number of carbonyl (C=O) groups is 4. The van der Waals surface area contributed by atoms with E-state index in [1.807, 2.05) is 45.0 Å². The molecule has 0 aromatic carbocycles. The van der Waals surface area contributed by atoms with Gasteiger partial charge in [-0.3, -0.25) is 24.1 Å². The number of aryl methyl sites for hydroxylation is 1. The molecule has 2 amide bonds. The summed E-state index contributed by atoms with van der Waals surface area (Å²) in [6, 6.07) is -0.445. The highest BCUT2D eigenvalue weighted by Crippen LogP contribution is 2.30. The zero-order valence-corrected chi connectivity index (χ0v) is 24.2. The number of amides is 2. The number of unbranched alkanes of at least 4 members (excludes halogenated alkanes) is 1. The Bertz CT molecular complexity index is 875. The zero-order chi connectivity index (χ0) is 28.0. The third-order valence-electron chi connectivity index (χ3n) is 5.73. The molecule has 37 heavy (non-hydrogen) atoms. The second-order valence-electron chi connectivity index (χ2n) is 9.60. The lowest BCUT2D eigenvalue weighted by Gasteiger charge is -2.35. The van der Waals surface area contributed by atoms with Crippen LogP contribution in [0.25, 0.3) is 0 Å². The van der Waals surface area contributed by atoms with E-state index in [-0.39, 0.29) is 50.4 Å². The number of hydrogen-bond donors (Lipinski definition) is 1. The molecule has 2 unspecified atom stereocenters. The molecule has 0 saturated heterocycles. The van der Waals surface area contributed by atoms with E-state index in [9.17, 15) is 19.2 Å². The largest absolute Gasteiger partial charge is 0.455 e. The van der Waals surface area contributed by atoms with Gasteiger partial charge in [0.15, 0.2) is 12.8 Å². The summed E-state index contributed by atoms with van der Waals surface area (Å²) in [6.45, 7) is 11.5. The van der Waals surface area contributed by atoms with Crippen molar-refractivity contribution in [3.05, 3.63) is 16.1 Å². The number of aromatic nitrogens is 1. The second-order valence-corrected chi connectivity index (χ2v) is 10.5. The number of rotatable bonds is 17. The van der Waals surface area contributed by atoms with Gasteiger partial charge in [0.05, 0.1) is 13.1 Å². The topological polar surface area (TPSA) is 118 Å². The third kappa shape index (κ3) is 12.5. The van der Waals surface area contributed by atoms with Crippen molar-refractivity contribution in [2.45, 2.75) is 85.8 Å². The highest BCUT2D eigenvalue weighted by atomic mass is 32.1. The maximum Gasteiger partial charge on any atom is 0.307 e. The van der Waals surface area contributed by atoms with Gasteiger partial charge < -0.3 is 19.7 Å². The minimum Gasteiger partial charge on any atom is -0.455 e. The van der Waals surface area contributed by atoms with Crippen molar-refractivity contribution < 1.29 is 28.7 Å². The molecule has 0 radical (unpaired) electrons. The molecule has 0 aliphatic carbocycles. The quantitative estimate of drug-likeness (QED) is 0.236. The highest BCUT2D eigenvalue weighted by molar-refractivity contribution is 7.09. The Labute approximate surface area is 225 Å². The van der Waals surface area contributed by atoms with E-state index in [1.165, 1.54) is 23.2 Å². The first-order chi connectivity index (χ1) is 17.5. The molecule has 0 bridgehead atoms. The van der Waals surface area contributed by atoms with Crippen molar-refractivity contribution in [1.29, 1.82) is 0 Å². The molecular formula is C26H44N4O6S. The Morgan fingerprint density at radius 1 is 1.16 bits per heavy atom. The van der Waals surface area contributed by atoms with Crippen LogP contribution in [0.1, 0.15) is 83.5 Å². The summed E-state index contributed by atoms with van der Waals surface area (Å²) in [7, 11) is 1.86. The molecular weight excluding hydrogens is 496 g/mol. The summed E-state index contributed by atoms with van der Waals surface area (Å²) in [4.78, 5) is 57.6. The van der Waals surface area contributed by atoms with E-state index in [0.29, 0.717) is 11.4 Å². The first-order valence-electron chi connectivity index (χ1n) is 13.0. The zero-order valence-electron chi connectivity index (χ0n) is 23.4. The second kappa shape index (κ2) is 17.1. The molecule has 2 atom stereocenters. The molecule has 210 valence electrons. The van der Waals surface area contributed by atoms with Gasteiger partial charge in [-0.15, -0.1) is 11.3 Å². The monoisotopic (exact) mass is 540 g/mol. The molecule has 10 nitrogen and oxygen atoms in total. The van der Waals surface area contributed by atoms with Crippen molar-refractivity contribution in [2.75, 3.05) is 33.4 Å². The number of likely N-dealkylation sites (N-methyl/N-ethyl adjacent to an activating group) is 1. The van der Waals surface area contributed by atoms with Crippen LogP contribution >= 0.6 is 11.3 Å². The Balaban J connectivity index is 3.07. The molecule has 1 aromatic rings. The smallest absolute Gasteiger partial charge is 0.307 e. The number of nitrogens with zero attached hydrogens (tertiary/aromatic N) is 3. The molecule has 11 heteroatoms. The number of hydrogen-bond acceptors (Lipinski definition) is 9. The maximum absolute atomic E-state index is 13.4. The van der Waals surface area contributed by atoms with Gasteiger partial charge in [0.2, 0.25) is 11.8 Å². The van der Waals surface area contributed by atoms with E-state index >= 15 is 0 Å². The predicted molar refractivity (Wildman–Crippen MR) is 143 cm³/mol. The Morgan fingerprint density at radius 3 is 2.41 bits per heavy atom. The number of esters is 2. The van der Waals surface area contributed by atoms with Gasteiger partial charge in [-0.1, -0.05) is 34.1 Å². The number of nitrogens with one attached hydrogen (secondary N) is 1. The summed E-state index contributed by atoms with van der Waals surface area (Å²) in [5.41, 5.74) is 0.811. The molecule has 1 heterocycles. The summed E-state index contributed by atoms with van der Waals surface area (Å²) in [5, 5.41) is 5.20. The summed E-state index contributed by atoms with van der Waals surface area (Å²) in [5.74, 6) is -1.57. The van der Waals surface area contributed by atoms with Crippen molar-refractivity contribution >= 4 is 35.1 Å². The molecule has 1 rings (SSSR count). The van der Waals surface area contributed by atoms with Crippen LogP contribution in [0.5, 0.6) is 0 Å². The fourth-order valence-corrected chi connectivity index (χ4v) is 4.59. The van der Waals surface area contributed by atoms with Gasteiger partial charge in [-0.2, -0.15) is 0 Å². The lowest BCUT2D eigenvalue weighted by atomic mass is 9.96. The fourth-order valence-electron chi connectivity index (χ4n) is 3.75. The van der Waals surface area contributed by atoms with Gasteiger partial charge in [0, 0.05) is 36.9 Å². The lowest BCUT2D eigenvalue weighted by molar-refractivity contribution is -0.158. The van der Waals surface area contributed by atoms with Crippen LogP contribution in [0.15, 0.2) is 5.38 Å². The van der Waals surface area contributed by atoms with Gasteiger partial charge >= 0.3 is 11.9 Å². The molecule has 0 fully saturated rings. The van der Waals surface area contributed by atoms with Gasteiger partial charge in [0.1, 0.15) is 5.01 Å². The molecule has 1 aromatic heterocycles. The summed E-state index contributed by atoms with van der Waals surface area (Å²) in [6.07, 6.45) is 2.49. The first-order valence-corrected chi connectivity index (χ1v) is 13.9. The summed E-state index contributed by atoms with van der Waals surface area (Å²) >= 11 is 1.38. The van der Waals surface area contributed by atoms with Gasteiger partial charge in [-0.25, -0.2) is 4.98 Å². The fraction of sp³-hybridized carbons (Fsp3) is 0.731. The average Bonchev–Trinajstić information content (AvgIpc) is 3.25. The van der Waals surface area contributed by atoms with Crippen LogP contribution in [0.2, 0.25) is 0 Å². The first kappa shape index (κ1) is 32.5. The highest BCUT2D eigenvalue weighted by Gasteiger charge is 2.33. The van der Waals surface area contributed by atoms with E-state index < -0.39 is 24.1 Å². The van der Waals surface area contributed by atoms with Crippen LogP contribution in [-0.2, 0) is 28.7 Å². The third-order valence-corrected chi connectivity index (χ3v) is 6.78. The van der Waals surface area contributed by atoms with Crippen LogP contribution in [0.3, 0.4) is 0 Å². The van der Waals surface area contributed by atoms with Gasteiger partial charge in [0.25, 0.3) is 0 Å². The number of carbonyl (C=O) groups excluding carboxylic acids is 4. The molecule has 0 spiro atoms. The Kier molecular flexibility index (Phi) is 15.0. The maximum atomic E-state index is 13.4. The van der Waals surface area contributed by atoms with Crippen molar-refractivity contribution in [3.8, 4) is 0 Å². The molecule has 0 aliphatic rings. The van der Waals surface area contributed by atoms with Crippen molar-refractivity contribution in [1.82, 2.24) is 20.1 Å². The van der Waals surface area contributed by atoms with Crippen LogP contribution in [0, 0.1) is 12.8 Å². The predicted octanol–water partition coefficient (Wildman–Crippen LogP) is 3.45. The minimum atomic E-state index is -0.660. The van der Waals surface area contributed by atoms with E-state index in [1.54, 1.807) is 0 Å². The standard InChI is InChI=1S/C26H44N4O6S/c1-8-10-12-29(7)15-23(32)27-14-24(33)30(17-35-25(34)11-9-2)21(18(3)4)13-22(36-20(6)31)26-28-19(5)16-37-26/h16,18,21-22H,8-15,17H2,1-7H3,(H,27,32). The number of ether oxygens (including phenoxy) is 2. The molecule has 1 N–H and O–H groups in total. The van der Waals surface area contributed by atoms with Crippen molar-refractivity contribution in [3.63, 3.8) is 0 Å². The molecule has 0 aliphatic heterocycles. The lowest BCUT2D eigenvalue weighted by Crippen LogP contribution is -2.50. The van der Waals surface area contributed by atoms with E-state index in [2.05, 4.69) is 17.2 Å². The van der Waals surface area contributed by atoms with Crippen molar-refractivity contribution in [2.24, 2.45) is 5.92 Å². The van der Waals surface area contributed by atoms with Gasteiger partial charge in [-0.05, 0) is 39.3 Å². The minimum absolute atomic E-state index is 0.0659. The number of thiazole rings is 1. The van der Waals surface area contributed by atoms with Crippen LogP contribution < -0.4 is 5.32 Å². The van der Waals surface area contributed by atoms with E-state index in [0.717, 1.165) is 25.1 Å².